The highest BCUT2D eigenvalue weighted by molar-refractivity contribution is 7.80. The minimum Gasteiger partial charge on any atom is -0.476 e. The fourth-order valence-electron chi connectivity index (χ4n) is 1.23. The molecule has 0 spiro atoms. The largest absolute Gasteiger partial charge is 0.476 e. The van der Waals surface area contributed by atoms with Gasteiger partial charge in [0.15, 0.2) is 0 Å². The lowest BCUT2D eigenvalue weighted by atomic mass is 10.1. The van der Waals surface area contributed by atoms with Crippen molar-refractivity contribution in [3.63, 3.8) is 0 Å². The Kier molecular flexibility index (Phi) is 4.65. The third-order valence-electron chi connectivity index (χ3n) is 3.00. The standard InChI is InChI=1S/C13H21N3OS/c1-9-6-10(12(14)18)7-11(15-9)17-8-13(2,3)16(4)5/h6-7H,8H2,1-5H3,(H2,14,18). The molecule has 0 saturated heterocycles. The van der Waals surface area contributed by atoms with Crippen molar-refractivity contribution in [1.29, 1.82) is 0 Å². The quantitative estimate of drug-likeness (QED) is 0.824. The van der Waals surface area contributed by atoms with Gasteiger partial charge in [0.2, 0.25) is 5.88 Å². The summed E-state index contributed by atoms with van der Waals surface area (Å²) in [6, 6.07) is 3.63. The van der Waals surface area contributed by atoms with Gasteiger partial charge in [-0.15, -0.1) is 0 Å². The van der Waals surface area contributed by atoms with Crippen LogP contribution in [0.5, 0.6) is 5.88 Å². The highest BCUT2D eigenvalue weighted by atomic mass is 32.1. The van der Waals surface area contributed by atoms with Gasteiger partial charge in [0.05, 0.1) is 0 Å². The van der Waals surface area contributed by atoms with E-state index in [-0.39, 0.29) is 5.54 Å². The first kappa shape index (κ1) is 14.9. The molecule has 0 aliphatic rings. The van der Waals surface area contributed by atoms with Gasteiger partial charge in [-0.3, -0.25) is 0 Å². The van der Waals surface area contributed by atoms with Crippen LogP contribution in [0.15, 0.2) is 12.1 Å². The minimum atomic E-state index is -0.0607. The number of thiocarbonyl (C=S) groups is 1. The number of ether oxygens (including phenoxy) is 1. The number of pyridine rings is 1. The van der Waals surface area contributed by atoms with E-state index in [4.69, 9.17) is 22.7 Å². The monoisotopic (exact) mass is 267 g/mol. The van der Waals surface area contributed by atoms with Crippen LogP contribution < -0.4 is 10.5 Å². The summed E-state index contributed by atoms with van der Waals surface area (Å²) in [7, 11) is 4.04. The fourth-order valence-corrected chi connectivity index (χ4v) is 1.35. The van der Waals surface area contributed by atoms with Gasteiger partial charge in [0, 0.05) is 22.9 Å². The van der Waals surface area contributed by atoms with E-state index in [1.54, 1.807) is 6.07 Å². The zero-order valence-corrected chi connectivity index (χ0v) is 12.5. The van der Waals surface area contributed by atoms with E-state index < -0.39 is 0 Å². The molecule has 100 valence electrons. The lowest BCUT2D eigenvalue weighted by Crippen LogP contribution is -2.43. The van der Waals surface area contributed by atoms with Gasteiger partial charge < -0.3 is 15.4 Å². The Morgan fingerprint density at radius 2 is 2.06 bits per heavy atom. The number of aromatic nitrogens is 1. The first-order valence-electron chi connectivity index (χ1n) is 5.81. The number of rotatable bonds is 5. The van der Waals surface area contributed by atoms with E-state index in [1.165, 1.54) is 0 Å². The Balaban J connectivity index is 2.83. The Morgan fingerprint density at radius 3 is 2.56 bits per heavy atom. The normalized spacial score (nSPS) is 11.7. The average Bonchev–Trinajstić information content (AvgIpc) is 2.25. The van der Waals surface area contributed by atoms with Crippen LogP contribution in [0.25, 0.3) is 0 Å². The van der Waals surface area contributed by atoms with Crippen LogP contribution >= 0.6 is 12.2 Å². The Morgan fingerprint density at radius 1 is 1.44 bits per heavy atom. The maximum absolute atomic E-state index is 5.74. The molecule has 1 heterocycles. The first-order valence-corrected chi connectivity index (χ1v) is 6.22. The van der Waals surface area contributed by atoms with Crippen molar-refractivity contribution in [2.75, 3.05) is 20.7 Å². The summed E-state index contributed by atoms with van der Waals surface area (Å²) in [5.41, 5.74) is 7.19. The average molecular weight is 267 g/mol. The third kappa shape index (κ3) is 3.92. The summed E-state index contributed by atoms with van der Waals surface area (Å²) in [6.07, 6.45) is 0. The van der Waals surface area contributed by atoms with Crippen molar-refractivity contribution < 1.29 is 4.74 Å². The van der Waals surface area contributed by atoms with Crippen molar-refractivity contribution in [2.45, 2.75) is 26.3 Å². The number of hydrogen-bond donors (Lipinski definition) is 1. The molecule has 0 aliphatic carbocycles. The molecule has 1 aromatic heterocycles. The zero-order valence-electron chi connectivity index (χ0n) is 11.7. The fraction of sp³-hybridized carbons (Fsp3) is 0.538. The van der Waals surface area contributed by atoms with Gasteiger partial charge in [-0.2, -0.15) is 0 Å². The second-order valence-corrected chi connectivity index (χ2v) is 5.64. The predicted molar refractivity (Wildman–Crippen MR) is 78.1 cm³/mol. The van der Waals surface area contributed by atoms with E-state index in [0.29, 0.717) is 17.5 Å². The topological polar surface area (TPSA) is 51.4 Å². The molecule has 0 atom stereocenters. The molecule has 4 nitrogen and oxygen atoms in total. The first-order chi connectivity index (χ1) is 8.22. The van der Waals surface area contributed by atoms with Crippen molar-refractivity contribution >= 4 is 17.2 Å². The van der Waals surface area contributed by atoms with E-state index in [1.807, 2.05) is 27.1 Å². The highest BCUT2D eigenvalue weighted by Crippen LogP contribution is 2.16. The number of nitrogens with zero attached hydrogens (tertiary/aromatic N) is 2. The maximum Gasteiger partial charge on any atom is 0.214 e. The van der Waals surface area contributed by atoms with Crippen LogP contribution in [0.4, 0.5) is 0 Å². The number of nitrogens with two attached hydrogens (primary N) is 1. The van der Waals surface area contributed by atoms with E-state index in [2.05, 4.69) is 23.7 Å². The highest BCUT2D eigenvalue weighted by Gasteiger charge is 2.21. The molecule has 0 unspecified atom stereocenters. The van der Waals surface area contributed by atoms with Crippen LogP contribution in [-0.2, 0) is 0 Å². The summed E-state index contributed by atoms with van der Waals surface area (Å²) in [5.74, 6) is 0.563. The summed E-state index contributed by atoms with van der Waals surface area (Å²) < 4.78 is 5.74. The number of aryl methyl sites for hydroxylation is 1. The molecule has 2 N–H and O–H groups in total. The zero-order chi connectivity index (χ0) is 13.9. The van der Waals surface area contributed by atoms with Crippen molar-refractivity contribution in [1.82, 2.24) is 9.88 Å². The van der Waals surface area contributed by atoms with E-state index in [0.717, 1.165) is 11.3 Å². The second-order valence-electron chi connectivity index (χ2n) is 5.20. The van der Waals surface area contributed by atoms with Gasteiger partial charge in [0.25, 0.3) is 0 Å². The van der Waals surface area contributed by atoms with Crippen molar-refractivity contribution in [3.8, 4) is 5.88 Å². The molecule has 18 heavy (non-hydrogen) atoms. The van der Waals surface area contributed by atoms with Gasteiger partial charge >= 0.3 is 0 Å². The summed E-state index contributed by atoms with van der Waals surface area (Å²) >= 11 is 4.97. The minimum absolute atomic E-state index is 0.0607. The number of hydrogen-bond acceptors (Lipinski definition) is 4. The third-order valence-corrected chi connectivity index (χ3v) is 3.23. The van der Waals surface area contributed by atoms with Crippen LogP contribution in [-0.4, -0.2) is 41.1 Å². The molecule has 0 aromatic carbocycles. The molecular weight excluding hydrogens is 246 g/mol. The molecule has 0 saturated carbocycles. The molecular formula is C13H21N3OS. The van der Waals surface area contributed by atoms with Gasteiger partial charge in [-0.25, -0.2) is 4.98 Å². The van der Waals surface area contributed by atoms with E-state index in [9.17, 15) is 0 Å². The lowest BCUT2D eigenvalue weighted by molar-refractivity contribution is 0.111. The molecule has 1 aromatic rings. The van der Waals surface area contributed by atoms with Crippen molar-refractivity contribution in [3.05, 3.63) is 23.4 Å². The molecule has 0 bridgehead atoms. The van der Waals surface area contributed by atoms with Crippen LogP contribution in [0, 0.1) is 6.92 Å². The molecule has 0 amide bonds. The Labute approximate surface area is 114 Å². The maximum atomic E-state index is 5.74. The molecule has 0 fully saturated rings. The second kappa shape index (κ2) is 5.63. The summed E-state index contributed by atoms with van der Waals surface area (Å²) in [6.45, 7) is 6.66. The lowest BCUT2D eigenvalue weighted by Gasteiger charge is -2.31. The Bertz CT molecular complexity index is 444. The molecule has 0 aliphatic heterocycles. The Hall–Kier alpha value is -1.20. The summed E-state index contributed by atoms with van der Waals surface area (Å²) in [4.78, 5) is 6.79. The van der Waals surface area contributed by atoms with Crippen LogP contribution in [0.1, 0.15) is 25.1 Å². The SMILES string of the molecule is Cc1cc(C(N)=S)cc(OCC(C)(C)N(C)C)n1. The number of likely N-dealkylation sites (N-methyl/N-ethyl adjacent to an activating group) is 1. The van der Waals surface area contributed by atoms with E-state index >= 15 is 0 Å². The predicted octanol–water partition coefficient (Wildman–Crippen LogP) is 1.74. The van der Waals surface area contributed by atoms with Gasteiger partial charge in [0.1, 0.15) is 11.6 Å². The molecule has 5 heteroatoms. The van der Waals surface area contributed by atoms with Gasteiger partial charge in [-0.1, -0.05) is 12.2 Å². The smallest absolute Gasteiger partial charge is 0.214 e. The van der Waals surface area contributed by atoms with Crippen molar-refractivity contribution in [2.24, 2.45) is 5.73 Å². The molecule has 1 rings (SSSR count). The van der Waals surface area contributed by atoms with Crippen LogP contribution in [0.3, 0.4) is 0 Å². The summed E-state index contributed by atoms with van der Waals surface area (Å²) in [5, 5.41) is 0. The van der Waals surface area contributed by atoms with Crippen LogP contribution in [0.2, 0.25) is 0 Å². The van der Waals surface area contributed by atoms with Gasteiger partial charge in [-0.05, 0) is 40.9 Å². The molecule has 0 radical (unpaired) electrons.